The Labute approximate surface area is 183 Å². The first-order valence-corrected chi connectivity index (χ1v) is 11.8. The molecule has 0 saturated heterocycles. The van der Waals surface area contributed by atoms with Gasteiger partial charge in [-0.25, -0.2) is 25.6 Å². The Morgan fingerprint density at radius 3 is 1.81 bits per heavy atom. The predicted octanol–water partition coefficient (Wildman–Crippen LogP) is 3.58. The molecule has 32 heavy (non-hydrogen) atoms. The molecule has 3 aromatic rings. The maximum Gasteiger partial charge on any atom is 0.262 e. The molecule has 0 aliphatic carbocycles. The lowest BCUT2D eigenvalue weighted by molar-refractivity contribution is 0.416. The number of ether oxygens (including phenoxy) is 2. The minimum atomic E-state index is -4.47. The molecule has 0 aromatic heterocycles. The maximum atomic E-state index is 13.5. The molecule has 0 amide bonds. The molecule has 0 unspecified atom stereocenters. The highest BCUT2D eigenvalue weighted by molar-refractivity contribution is 7.93. The molecule has 0 heterocycles. The van der Waals surface area contributed by atoms with Gasteiger partial charge in [0, 0.05) is 6.07 Å². The van der Waals surface area contributed by atoms with Crippen LogP contribution in [0.1, 0.15) is 0 Å². The number of para-hydroxylation sites is 2. The molecule has 0 radical (unpaired) electrons. The van der Waals surface area contributed by atoms with Crippen molar-refractivity contribution in [1.29, 1.82) is 0 Å². The van der Waals surface area contributed by atoms with E-state index in [1.165, 1.54) is 32.4 Å². The summed E-state index contributed by atoms with van der Waals surface area (Å²) in [5, 5.41) is 0. The number of halogens is 2. The van der Waals surface area contributed by atoms with E-state index in [9.17, 15) is 25.6 Å². The molecule has 0 aliphatic rings. The molecular weight excluding hydrogens is 466 g/mol. The van der Waals surface area contributed by atoms with Crippen LogP contribution in [0.5, 0.6) is 11.5 Å². The van der Waals surface area contributed by atoms with Crippen molar-refractivity contribution in [3.05, 3.63) is 72.3 Å². The molecule has 8 nitrogen and oxygen atoms in total. The van der Waals surface area contributed by atoms with Gasteiger partial charge in [0.1, 0.15) is 23.1 Å². The second-order valence-electron chi connectivity index (χ2n) is 6.38. The SMILES string of the molecule is COc1ccccc1NS(=O)(=O)c1ccc(OC)c(NS(=O)(=O)c2cc(F)cc(F)c2)c1. The van der Waals surface area contributed by atoms with Crippen LogP contribution in [0.3, 0.4) is 0 Å². The number of benzene rings is 3. The van der Waals surface area contributed by atoms with Crippen molar-refractivity contribution in [3.8, 4) is 11.5 Å². The normalized spacial score (nSPS) is 11.6. The van der Waals surface area contributed by atoms with E-state index >= 15 is 0 Å². The van der Waals surface area contributed by atoms with Crippen molar-refractivity contribution in [3.63, 3.8) is 0 Å². The lowest BCUT2D eigenvalue weighted by Crippen LogP contribution is -2.16. The van der Waals surface area contributed by atoms with Gasteiger partial charge in [-0.3, -0.25) is 9.44 Å². The Hall–Kier alpha value is -3.38. The van der Waals surface area contributed by atoms with E-state index < -0.39 is 36.6 Å². The van der Waals surface area contributed by atoms with Gasteiger partial charge in [-0.15, -0.1) is 0 Å². The van der Waals surface area contributed by atoms with Crippen molar-refractivity contribution in [2.24, 2.45) is 0 Å². The fraction of sp³-hybridized carbons (Fsp3) is 0.100. The Balaban J connectivity index is 2.00. The summed E-state index contributed by atoms with van der Waals surface area (Å²) >= 11 is 0. The Morgan fingerprint density at radius 2 is 1.19 bits per heavy atom. The van der Waals surface area contributed by atoms with Crippen LogP contribution < -0.4 is 18.9 Å². The van der Waals surface area contributed by atoms with Crippen molar-refractivity contribution < 1.29 is 35.1 Å². The Morgan fingerprint density at radius 1 is 0.656 bits per heavy atom. The van der Waals surface area contributed by atoms with Gasteiger partial charge in [0.15, 0.2) is 0 Å². The number of sulfonamides is 2. The highest BCUT2D eigenvalue weighted by atomic mass is 32.2. The number of anilines is 2. The minimum absolute atomic E-state index is 0.0123. The van der Waals surface area contributed by atoms with E-state index in [2.05, 4.69) is 9.44 Å². The Kier molecular flexibility index (Phi) is 6.55. The molecule has 0 fully saturated rings. The number of nitrogens with one attached hydrogen (secondary N) is 2. The van der Waals surface area contributed by atoms with Gasteiger partial charge in [0.25, 0.3) is 20.0 Å². The standard InChI is InChI=1S/C20H18F2N2O6S2/c1-29-19-6-4-3-5-17(19)23-31(25,26)15-7-8-20(30-2)18(12-15)24-32(27,28)16-10-13(21)9-14(22)11-16/h3-12,23-24H,1-2H3. The van der Waals surface area contributed by atoms with Crippen LogP contribution in [0.4, 0.5) is 20.2 Å². The third kappa shape index (κ3) is 5.08. The van der Waals surface area contributed by atoms with Gasteiger partial charge in [0.05, 0.1) is 35.4 Å². The summed E-state index contributed by atoms with van der Waals surface area (Å²) in [4.78, 5) is -0.982. The molecule has 0 saturated carbocycles. The smallest absolute Gasteiger partial charge is 0.262 e. The van der Waals surface area contributed by atoms with Crippen LogP contribution >= 0.6 is 0 Å². The van der Waals surface area contributed by atoms with Crippen LogP contribution in [0.2, 0.25) is 0 Å². The zero-order valence-electron chi connectivity index (χ0n) is 16.8. The number of rotatable bonds is 8. The third-order valence-corrected chi connectivity index (χ3v) is 6.93. The first kappa shape index (κ1) is 23.3. The fourth-order valence-corrected chi connectivity index (χ4v) is 4.95. The van der Waals surface area contributed by atoms with Crippen LogP contribution in [-0.4, -0.2) is 31.1 Å². The van der Waals surface area contributed by atoms with Gasteiger partial charge in [-0.2, -0.15) is 0 Å². The molecule has 0 aliphatic heterocycles. The second kappa shape index (κ2) is 9.01. The average Bonchev–Trinajstić information content (AvgIpc) is 2.73. The lowest BCUT2D eigenvalue weighted by Gasteiger charge is -2.15. The summed E-state index contributed by atoms with van der Waals surface area (Å²) < 4.78 is 92.6. The average molecular weight is 485 g/mol. The number of hydrogen-bond donors (Lipinski definition) is 2. The zero-order chi connectivity index (χ0) is 23.5. The second-order valence-corrected chi connectivity index (χ2v) is 9.74. The fourth-order valence-electron chi connectivity index (χ4n) is 2.75. The lowest BCUT2D eigenvalue weighted by atomic mass is 10.3. The molecule has 12 heteroatoms. The van der Waals surface area contributed by atoms with Crippen molar-refractivity contribution in [1.82, 2.24) is 0 Å². The summed E-state index contributed by atoms with van der Waals surface area (Å²) in [6.45, 7) is 0. The molecule has 0 spiro atoms. The summed E-state index contributed by atoms with van der Waals surface area (Å²) in [5.41, 5.74) is -0.0803. The van der Waals surface area contributed by atoms with E-state index in [0.717, 1.165) is 6.07 Å². The summed E-state index contributed by atoms with van der Waals surface area (Å²) in [5.74, 6) is -1.91. The van der Waals surface area contributed by atoms with Gasteiger partial charge in [-0.1, -0.05) is 12.1 Å². The van der Waals surface area contributed by atoms with E-state index in [1.807, 2.05) is 0 Å². The minimum Gasteiger partial charge on any atom is -0.495 e. The molecular formula is C20H18F2N2O6S2. The number of hydrogen-bond acceptors (Lipinski definition) is 6. The molecule has 0 bridgehead atoms. The molecule has 0 atom stereocenters. The third-order valence-electron chi connectivity index (χ3n) is 4.22. The van der Waals surface area contributed by atoms with E-state index in [4.69, 9.17) is 9.47 Å². The Bertz CT molecular complexity index is 1340. The maximum absolute atomic E-state index is 13.5. The van der Waals surface area contributed by atoms with Crippen molar-refractivity contribution in [2.75, 3.05) is 23.7 Å². The van der Waals surface area contributed by atoms with Crippen LogP contribution in [-0.2, 0) is 20.0 Å². The molecule has 3 aromatic carbocycles. The van der Waals surface area contributed by atoms with Gasteiger partial charge in [-0.05, 0) is 42.5 Å². The van der Waals surface area contributed by atoms with E-state index in [1.54, 1.807) is 18.2 Å². The summed E-state index contributed by atoms with van der Waals surface area (Å²) in [6.07, 6.45) is 0. The van der Waals surface area contributed by atoms with Gasteiger partial charge >= 0.3 is 0 Å². The van der Waals surface area contributed by atoms with Crippen molar-refractivity contribution >= 4 is 31.4 Å². The van der Waals surface area contributed by atoms with Gasteiger partial charge in [0.2, 0.25) is 0 Å². The summed E-state index contributed by atoms with van der Waals surface area (Å²) in [6, 6.07) is 11.5. The molecule has 2 N–H and O–H groups in total. The monoisotopic (exact) mass is 484 g/mol. The zero-order valence-corrected chi connectivity index (χ0v) is 18.4. The number of methoxy groups -OCH3 is 2. The van der Waals surface area contributed by atoms with Gasteiger partial charge < -0.3 is 9.47 Å². The largest absolute Gasteiger partial charge is 0.495 e. The van der Waals surface area contributed by atoms with Crippen molar-refractivity contribution in [2.45, 2.75) is 9.79 Å². The van der Waals surface area contributed by atoms with Crippen LogP contribution in [0.25, 0.3) is 0 Å². The highest BCUT2D eigenvalue weighted by Crippen LogP contribution is 2.32. The molecule has 170 valence electrons. The predicted molar refractivity (Wildman–Crippen MR) is 114 cm³/mol. The van der Waals surface area contributed by atoms with E-state index in [0.29, 0.717) is 18.2 Å². The topological polar surface area (TPSA) is 111 Å². The first-order chi connectivity index (χ1) is 15.1. The van der Waals surface area contributed by atoms with E-state index in [-0.39, 0.29) is 27.8 Å². The first-order valence-electron chi connectivity index (χ1n) is 8.88. The highest BCUT2D eigenvalue weighted by Gasteiger charge is 2.22. The summed E-state index contributed by atoms with van der Waals surface area (Å²) in [7, 11) is -6.01. The van der Waals surface area contributed by atoms with Crippen LogP contribution in [0, 0.1) is 11.6 Å². The molecule has 3 rings (SSSR count). The van der Waals surface area contributed by atoms with Crippen LogP contribution in [0.15, 0.2) is 70.5 Å². The quantitative estimate of drug-likeness (QED) is 0.506.